The van der Waals surface area contributed by atoms with Gasteiger partial charge in [-0.3, -0.25) is 14.4 Å². The maximum atomic E-state index is 12.5. The molecule has 6 unspecified atom stereocenters. The van der Waals surface area contributed by atoms with E-state index < -0.39 is 60.1 Å². The number of aliphatic carboxylic acids is 1. The van der Waals surface area contributed by atoms with Crippen LogP contribution < -0.4 is 16.4 Å². The second-order valence-electron chi connectivity index (χ2n) is 6.75. The maximum absolute atomic E-state index is 12.5. The first-order valence-corrected chi connectivity index (χ1v) is 8.73. The molecule has 0 bridgehead atoms. The minimum Gasteiger partial charge on any atom is -0.480 e. The fraction of sp³-hybridized carbons (Fsp3) is 0.750. The van der Waals surface area contributed by atoms with Crippen LogP contribution in [-0.4, -0.2) is 86.8 Å². The summed E-state index contributed by atoms with van der Waals surface area (Å²) in [6.07, 6.45) is -1.44. The molecule has 1 saturated heterocycles. The van der Waals surface area contributed by atoms with Gasteiger partial charge < -0.3 is 36.6 Å². The summed E-state index contributed by atoms with van der Waals surface area (Å²) >= 11 is 0. The number of nitrogens with two attached hydrogens (primary N) is 1. The summed E-state index contributed by atoms with van der Waals surface area (Å²) in [6, 6.07) is -4.57. The number of aliphatic hydroxyl groups is 2. The highest BCUT2D eigenvalue weighted by molar-refractivity contribution is 5.94. The first-order chi connectivity index (χ1) is 12.5. The SMILES string of the molecule is CC(NC(=O)C1CCCN1C(=O)C(N)C(C)O)C(=O)NC(C(=O)O)C(C)O. The molecule has 1 heterocycles. The van der Waals surface area contributed by atoms with Gasteiger partial charge in [-0.15, -0.1) is 0 Å². The van der Waals surface area contributed by atoms with E-state index in [0.29, 0.717) is 19.4 Å². The molecule has 0 aromatic rings. The van der Waals surface area contributed by atoms with Crippen LogP contribution in [0.2, 0.25) is 0 Å². The van der Waals surface area contributed by atoms with E-state index >= 15 is 0 Å². The Bertz CT molecular complexity index is 581. The predicted molar refractivity (Wildman–Crippen MR) is 93.2 cm³/mol. The molecule has 0 saturated carbocycles. The highest BCUT2D eigenvalue weighted by atomic mass is 16.4. The summed E-state index contributed by atoms with van der Waals surface area (Å²) in [7, 11) is 0. The van der Waals surface area contributed by atoms with Crippen LogP contribution in [0.5, 0.6) is 0 Å². The molecule has 3 amide bonds. The summed E-state index contributed by atoms with van der Waals surface area (Å²) in [5.74, 6) is -3.32. The van der Waals surface area contributed by atoms with Crippen LogP contribution >= 0.6 is 0 Å². The lowest BCUT2D eigenvalue weighted by Gasteiger charge is -2.28. The quantitative estimate of drug-likeness (QED) is 0.256. The summed E-state index contributed by atoms with van der Waals surface area (Å²) in [4.78, 5) is 49.2. The summed E-state index contributed by atoms with van der Waals surface area (Å²) in [6.45, 7) is 4.26. The van der Waals surface area contributed by atoms with Crippen molar-refractivity contribution < 1.29 is 34.5 Å². The zero-order valence-corrected chi connectivity index (χ0v) is 15.6. The Labute approximate surface area is 156 Å². The minimum atomic E-state index is -1.51. The number of likely N-dealkylation sites (tertiary alicyclic amines) is 1. The number of hydrogen-bond donors (Lipinski definition) is 6. The predicted octanol–water partition coefficient (Wildman–Crippen LogP) is -2.86. The molecule has 1 aliphatic rings. The Hall–Kier alpha value is -2.24. The van der Waals surface area contributed by atoms with E-state index in [4.69, 9.17) is 10.8 Å². The van der Waals surface area contributed by atoms with Crippen molar-refractivity contribution in [3.8, 4) is 0 Å². The van der Waals surface area contributed by atoms with Gasteiger partial charge in [0, 0.05) is 6.54 Å². The molecule has 0 aliphatic carbocycles. The second-order valence-corrected chi connectivity index (χ2v) is 6.75. The van der Waals surface area contributed by atoms with Gasteiger partial charge in [-0.25, -0.2) is 4.79 Å². The number of carbonyl (C=O) groups is 4. The molecule has 7 N–H and O–H groups in total. The number of nitrogens with one attached hydrogen (secondary N) is 2. The van der Waals surface area contributed by atoms with E-state index in [1.807, 2.05) is 0 Å². The van der Waals surface area contributed by atoms with E-state index in [9.17, 15) is 29.4 Å². The topological polar surface area (TPSA) is 182 Å². The molecule has 154 valence electrons. The molecule has 0 radical (unpaired) electrons. The van der Waals surface area contributed by atoms with Gasteiger partial charge in [0.25, 0.3) is 0 Å². The Balaban J connectivity index is 2.72. The third kappa shape index (κ3) is 5.88. The third-order valence-corrected chi connectivity index (χ3v) is 4.44. The van der Waals surface area contributed by atoms with E-state index in [1.54, 1.807) is 0 Å². The molecule has 1 rings (SSSR count). The van der Waals surface area contributed by atoms with Gasteiger partial charge in [0.15, 0.2) is 6.04 Å². The van der Waals surface area contributed by atoms with Crippen LogP contribution in [0.25, 0.3) is 0 Å². The van der Waals surface area contributed by atoms with Crippen molar-refractivity contribution in [3.05, 3.63) is 0 Å². The number of carboxylic acids is 1. The molecule has 0 spiro atoms. The molecule has 1 aliphatic heterocycles. The number of carboxylic acid groups (broad SMARTS) is 1. The number of carbonyl (C=O) groups excluding carboxylic acids is 3. The van der Waals surface area contributed by atoms with Crippen molar-refractivity contribution in [1.29, 1.82) is 0 Å². The van der Waals surface area contributed by atoms with Gasteiger partial charge in [0.2, 0.25) is 17.7 Å². The lowest BCUT2D eigenvalue weighted by molar-refractivity contribution is -0.145. The van der Waals surface area contributed by atoms with Crippen molar-refractivity contribution >= 4 is 23.7 Å². The molecular formula is C16H28N4O7. The number of nitrogens with zero attached hydrogens (tertiary/aromatic N) is 1. The average Bonchev–Trinajstić information content (AvgIpc) is 3.06. The standard InChI is InChI=1S/C16H28N4O7/c1-7(13(23)19-12(9(3)22)16(26)27)18-14(24)10-5-4-6-20(10)15(25)11(17)8(2)21/h7-12,21-22H,4-6,17H2,1-3H3,(H,18,24)(H,19,23)(H,26,27). The number of aliphatic hydroxyl groups excluding tert-OH is 2. The van der Waals surface area contributed by atoms with Crippen LogP contribution in [0.4, 0.5) is 0 Å². The van der Waals surface area contributed by atoms with E-state index in [1.165, 1.54) is 25.7 Å². The van der Waals surface area contributed by atoms with Crippen molar-refractivity contribution in [2.45, 2.75) is 70.0 Å². The highest BCUT2D eigenvalue weighted by Gasteiger charge is 2.38. The first-order valence-electron chi connectivity index (χ1n) is 8.73. The fourth-order valence-corrected chi connectivity index (χ4v) is 2.74. The van der Waals surface area contributed by atoms with Gasteiger partial charge >= 0.3 is 5.97 Å². The van der Waals surface area contributed by atoms with Crippen molar-refractivity contribution in [1.82, 2.24) is 15.5 Å². The van der Waals surface area contributed by atoms with Crippen LogP contribution in [0.15, 0.2) is 0 Å². The smallest absolute Gasteiger partial charge is 0.328 e. The van der Waals surface area contributed by atoms with Crippen LogP contribution in [-0.2, 0) is 19.2 Å². The maximum Gasteiger partial charge on any atom is 0.328 e. The van der Waals surface area contributed by atoms with Crippen molar-refractivity contribution in [3.63, 3.8) is 0 Å². The third-order valence-electron chi connectivity index (χ3n) is 4.44. The summed E-state index contributed by atoms with van der Waals surface area (Å²) in [5, 5.41) is 32.4. The van der Waals surface area contributed by atoms with Crippen LogP contribution in [0.1, 0.15) is 33.6 Å². The van der Waals surface area contributed by atoms with Gasteiger partial charge in [-0.2, -0.15) is 0 Å². The molecule has 11 heteroatoms. The second kappa shape index (κ2) is 9.62. The summed E-state index contributed by atoms with van der Waals surface area (Å²) in [5.41, 5.74) is 5.65. The molecule has 0 aromatic heterocycles. The van der Waals surface area contributed by atoms with Gasteiger partial charge in [0.1, 0.15) is 18.1 Å². The Morgan fingerprint density at radius 1 is 1.07 bits per heavy atom. The van der Waals surface area contributed by atoms with Gasteiger partial charge in [-0.05, 0) is 33.6 Å². The van der Waals surface area contributed by atoms with E-state index in [2.05, 4.69) is 10.6 Å². The zero-order valence-electron chi connectivity index (χ0n) is 15.6. The molecule has 0 aromatic carbocycles. The number of hydrogen-bond acceptors (Lipinski definition) is 7. The van der Waals surface area contributed by atoms with Gasteiger partial charge in [-0.1, -0.05) is 0 Å². The number of rotatable bonds is 8. The van der Waals surface area contributed by atoms with Crippen LogP contribution in [0.3, 0.4) is 0 Å². The molecule has 1 fully saturated rings. The zero-order chi connectivity index (χ0) is 20.9. The first kappa shape index (κ1) is 22.8. The Morgan fingerprint density at radius 2 is 1.67 bits per heavy atom. The molecule has 27 heavy (non-hydrogen) atoms. The van der Waals surface area contributed by atoms with Crippen LogP contribution in [0, 0.1) is 0 Å². The Kier molecular flexibility index (Phi) is 8.13. The lowest BCUT2D eigenvalue weighted by atomic mass is 10.1. The average molecular weight is 388 g/mol. The van der Waals surface area contributed by atoms with E-state index in [0.717, 1.165) is 0 Å². The molecule has 6 atom stereocenters. The van der Waals surface area contributed by atoms with Crippen molar-refractivity contribution in [2.75, 3.05) is 6.54 Å². The molecular weight excluding hydrogens is 360 g/mol. The van der Waals surface area contributed by atoms with E-state index in [-0.39, 0.29) is 0 Å². The molecule has 11 nitrogen and oxygen atoms in total. The van der Waals surface area contributed by atoms with Gasteiger partial charge in [0.05, 0.1) is 12.2 Å². The largest absolute Gasteiger partial charge is 0.480 e. The Morgan fingerprint density at radius 3 is 2.15 bits per heavy atom. The fourth-order valence-electron chi connectivity index (χ4n) is 2.74. The number of amides is 3. The summed E-state index contributed by atoms with van der Waals surface area (Å²) < 4.78 is 0. The monoisotopic (exact) mass is 388 g/mol. The minimum absolute atomic E-state index is 0.307. The highest BCUT2D eigenvalue weighted by Crippen LogP contribution is 2.19. The lowest BCUT2D eigenvalue weighted by Crippen LogP contribution is -2.57. The van der Waals surface area contributed by atoms with Crippen molar-refractivity contribution in [2.24, 2.45) is 5.73 Å². The normalized spacial score (nSPS) is 22.3.